The van der Waals surface area contributed by atoms with Crippen LogP contribution in [0.4, 0.5) is 5.69 Å². The van der Waals surface area contributed by atoms with Gasteiger partial charge in [0.1, 0.15) is 23.2 Å². The van der Waals surface area contributed by atoms with Gasteiger partial charge < -0.3 is 25.7 Å². The van der Waals surface area contributed by atoms with Gasteiger partial charge in [0, 0.05) is 16.9 Å². The van der Waals surface area contributed by atoms with Gasteiger partial charge in [-0.1, -0.05) is 0 Å². The van der Waals surface area contributed by atoms with Crippen molar-refractivity contribution in [3.8, 4) is 17.2 Å². The zero-order valence-electron chi connectivity index (χ0n) is 14.0. The van der Waals surface area contributed by atoms with Crippen molar-refractivity contribution in [3.63, 3.8) is 0 Å². The van der Waals surface area contributed by atoms with Gasteiger partial charge in [-0.15, -0.1) is 0 Å². The molecule has 0 radical (unpaired) electrons. The predicted molar refractivity (Wildman–Crippen MR) is 98.4 cm³/mol. The molecule has 2 aromatic carbocycles. The molecule has 0 saturated carbocycles. The minimum Gasteiger partial charge on any atom is -0.507 e. The molecular formula is C18H15NO7S. The zero-order chi connectivity index (χ0) is 20.0. The number of carboxylic acid groups (broad SMARTS) is 1. The molecule has 8 nitrogen and oxygen atoms in total. The molecule has 0 bridgehead atoms. The van der Waals surface area contributed by atoms with Crippen molar-refractivity contribution in [3.05, 3.63) is 46.0 Å². The maximum absolute atomic E-state index is 12.8. The van der Waals surface area contributed by atoms with Gasteiger partial charge in [-0.25, -0.2) is 4.79 Å². The molecule has 2 aromatic rings. The maximum atomic E-state index is 12.8. The number of nitrogens with one attached hydrogen (secondary N) is 1. The van der Waals surface area contributed by atoms with E-state index in [9.17, 15) is 29.7 Å². The fraction of sp³-hybridized carbons (Fsp3) is 0.167. The smallest absolute Gasteiger partial charge is 0.326 e. The molecule has 5 N–H and O–H groups in total. The number of hydrogen-bond acceptors (Lipinski definition) is 8. The lowest BCUT2D eigenvalue weighted by Crippen LogP contribution is -2.31. The lowest BCUT2D eigenvalue weighted by Gasteiger charge is -2.23. The van der Waals surface area contributed by atoms with Crippen molar-refractivity contribution in [2.75, 3.05) is 11.1 Å². The lowest BCUT2D eigenvalue weighted by atomic mass is 9.82. The van der Waals surface area contributed by atoms with Crippen LogP contribution < -0.4 is 5.32 Å². The van der Waals surface area contributed by atoms with Crippen molar-refractivity contribution in [1.29, 1.82) is 0 Å². The molecule has 1 unspecified atom stereocenters. The van der Waals surface area contributed by atoms with Gasteiger partial charge >= 0.3 is 5.97 Å². The number of carbonyl (C=O) groups is 3. The van der Waals surface area contributed by atoms with E-state index in [-0.39, 0.29) is 22.4 Å². The molecule has 0 saturated heterocycles. The Kier molecular flexibility index (Phi) is 4.48. The van der Waals surface area contributed by atoms with E-state index >= 15 is 0 Å². The number of ketones is 2. The molecule has 1 aliphatic carbocycles. The number of phenols is 3. The normalized spacial score (nSPS) is 13.7. The molecule has 3 rings (SSSR count). The van der Waals surface area contributed by atoms with Gasteiger partial charge in [-0.3, -0.25) is 9.59 Å². The monoisotopic (exact) mass is 389 g/mol. The summed E-state index contributed by atoms with van der Waals surface area (Å²) in [7, 11) is 0. The molecule has 9 heteroatoms. The first-order valence-electron chi connectivity index (χ1n) is 7.79. The number of carbonyl (C=O) groups excluding carboxylic acids is 2. The SMILES string of the molecule is Cc1cc(O)c2c(c1)C(=O)c1cc(O)c(NC(CS)C(=O)O)c(O)c1C2=O. The Labute approximate surface area is 158 Å². The molecule has 1 aliphatic rings. The van der Waals surface area contributed by atoms with Crippen LogP contribution in [0.1, 0.15) is 37.4 Å². The Morgan fingerprint density at radius 3 is 2.26 bits per heavy atom. The Balaban J connectivity index is 2.22. The maximum Gasteiger partial charge on any atom is 0.326 e. The fourth-order valence-corrected chi connectivity index (χ4v) is 3.27. The number of anilines is 1. The third kappa shape index (κ3) is 2.85. The van der Waals surface area contributed by atoms with E-state index in [0.29, 0.717) is 5.56 Å². The van der Waals surface area contributed by atoms with Crippen LogP contribution in [0.5, 0.6) is 17.2 Å². The Morgan fingerprint density at radius 1 is 1.04 bits per heavy atom. The molecule has 1 atom stereocenters. The molecule has 0 heterocycles. The minimum atomic E-state index is -1.29. The first kappa shape index (κ1) is 18.6. The van der Waals surface area contributed by atoms with Gasteiger partial charge in [0.25, 0.3) is 0 Å². The molecule has 0 spiro atoms. The fourth-order valence-electron chi connectivity index (χ4n) is 3.02. The number of carboxylic acids is 1. The summed E-state index contributed by atoms with van der Waals surface area (Å²) in [4.78, 5) is 36.8. The summed E-state index contributed by atoms with van der Waals surface area (Å²) in [5.74, 6) is -4.70. The van der Waals surface area contributed by atoms with Gasteiger partial charge in [-0.05, 0) is 30.7 Å². The summed E-state index contributed by atoms with van der Waals surface area (Å²) in [6.07, 6.45) is 0. The standard InChI is InChI=1S/C18H15NO7S/c1-6-2-7-12(10(20)3-6)16(23)13-8(15(7)22)4-11(21)14(17(13)24)19-9(5-27)18(25)26/h2-4,9,19-21,24,27H,5H2,1H3,(H,25,26). The molecule has 140 valence electrons. The number of hydrogen-bond donors (Lipinski definition) is 6. The van der Waals surface area contributed by atoms with E-state index in [2.05, 4.69) is 17.9 Å². The van der Waals surface area contributed by atoms with Crippen LogP contribution >= 0.6 is 12.6 Å². The van der Waals surface area contributed by atoms with E-state index in [1.54, 1.807) is 6.92 Å². The number of phenolic OH excluding ortho intramolecular Hbond substituents is 3. The van der Waals surface area contributed by atoms with Crippen LogP contribution in [0, 0.1) is 6.92 Å². The van der Waals surface area contributed by atoms with Crippen LogP contribution in [0.15, 0.2) is 18.2 Å². The number of aromatic hydroxyl groups is 3. The van der Waals surface area contributed by atoms with Gasteiger partial charge in [0.05, 0.1) is 11.1 Å². The molecular weight excluding hydrogens is 374 g/mol. The highest BCUT2D eigenvalue weighted by Crippen LogP contribution is 2.44. The van der Waals surface area contributed by atoms with Crippen molar-refractivity contribution in [2.45, 2.75) is 13.0 Å². The van der Waals surface area contributed by atoms with Gasteiger partial charge in [-0.2, -0.15) is 12.6 Å². The molecule has 27 heavy (non-hydrogen) atoms. The first-order chi connectivity index (χ1) is 12.7. The summed E-state index contributed by atoms with van der Waals surface area (Å²) in [5.41, 5.74) is -0.810. The summed E-state index contributed by atoms with van der Waals surface area (Å²) in [6, 6.07) is 2.46. The third-order valence-electron chi connectivity index (χ3n) is 4.28. The highest BCUT2D eigenvalue weighted by Gasteiger charge is 2.37. The zero-order valence-corrected chi connectivity index (χ0v) is 14.9. The van der Waals surface area contributed by atoms with Crippen LogP contribution in [0.3, 0.4) is 0 Å². The third-order valence-corrected chi connectivity index (χ3v) is 4.65. The Morgan fingerprint density at radius 2 is 1.67 bits per heavy atom. The minimum absolute atomic E-state index is 0.0386. The number of thiol groups is 1. The van der Waals surface area contributed by atoms with E-state index in [4.69, 9.17) is 5.11 Å². The Bertz CT molecular complexity index is 1020. The van der Waals surface area contributed by atoms with Gasteiger partial charge in [0.2, 0.25) is 5.78 Å². The molecule has 0 aromatic heterocycles. The molecule has 0 aliphatic heterocycles. The predicted octanol–water partition coefficient (Wildman–Crippen LogP) is 1.68. The van der Waals surface area contributed by atoms with Crippen molar-refractivity contribution < 1.29 is 34.8 Å². The van der Waals surface area contributed by atoms with Crippen LogP contribution in [-0.2, 0) is 4.79 Å². The largest absolute Gasteiger partial charge is 0.507 e. The average molecular weight is 389 g/mol. The number of aryl methyl sites for hydroxylation is 1. The van der Waals surface area contributed by atoms with Crippen LogP contribution in [-0.4, -0.2) is 49.8 Å². The summed E-state index contributed by atoms with van der Waals surface area (Å²) in [6.45, 7) is 1.64. The number of aliphatic carboxylic acids is 1. The highest BCUT2D eigenvalue weighted by atomic mass is 32.1. The van der Waals surface area contributed by atoms with Crippen LogP contribution in [0.25, 0.3) is 0 Å². The van der Waals surface area contributed by atoms with Gasteiger partial charge in [0.15, 0.2) is 11.5 Å². The summed E-state index contributed by atoms with van der Waals surface area (Å²) >= 11 is 3.88. The first-order valence-corrected chi connectivity index (χ1v) is 8.42. The average Bonchev–Trinajstić information content (AvgIpc) is 2.58. The van der Waals surface area contributed by atoms with Crippen molar-refractivity contribution >= 4 is 35.9 Å². The van der Waals surface area contributed by atoms with E-state index < -0.39 is 52.1 Å². The molecule has 0 amide bonds. The Hall–Kier alpha value is -3.20. The van der Waals surface area contributed by atoms with E-state index in [0.717, 1.165) is 6.07 Å². The number of rotatable bonds is 4. The summed E-state index contributed by atoms with van der Waals surface area (Å²) in [5, 5.41) is 42.3. The van der Waals surface area contributed by atoms with E-state index in [1.165, 1.54) is 12.1 Å². The number of fused-ring (bicyclic) bond motifs is 2. The second-order valence-corrected chi connectivity index (χ2v) is 6.49. The lowest BCUT2D eigenvalue weighted by molar-refractivity contribution is -0.137. The van der Waals surface area contributed by atoms with E-state index in [1.807, 2.05) is 0 Å². The van der Waals surface area contributed by atoms with Crippen molar-refractivity contribution in [2.24, 2.45) is 0 Å². The number of benzene rings is 2. The molecule has 0 fully saturated rings. The van der Waals surface area contributed by atoms with Crippen LogP contribution in [0.2, 0.25) is 0 Å². The summed E-state index contributed by atoms with van der Waals surface area (Å²) < 4.78 is 0. The second kappa shape index (κ2) is 6.51. The second-order valence-electron chi connectivity index (χ2n) is 6.12. The topological polar surface area (TPSA) is 144 Å². The van der Waals surface area contributed by atoms with Crippen molar-refractivity contribution in [1.82, 2.24) is 0 Å². The highest BCUT2D eigenvalue weighted by molar-refractivity contribution is 7.80. The quantitative estimate of drug-likeness (QED) is 0.292.